The molecule has 12 heavy (non-hydrogen) atoms. The quantitative estimate of drug-likeness (QED) is 0.506. The van der Waals surface area contributed by atoms with Crippen LogP contribution in [-0.2, 0) is 4.79 Å². The Bertz CT molecular complexity index is 156. The van der Waals surface area contributed by atoms with Crippen molar-refractivity contribution < 1.29 is 4.79 Å². The second-order valence-corrected chi connectivity index (χ2v) is 2.87. The van der Waals surface area contributed by atoms with Crippen molar-refractivity contribution in [3.8, 4) is 12.3 Å². The molecule has 70 valence electrons. The van der Waals surface area contributed by atoms with E-state index in [1.54, 1.807) is 0 Å². The van der Waals surface area contributed by atoms with Gasteiger partial charge >= 0.3 is 0 Å². The molecule has 1 N–H and O–H groups in total. The molecule has 0 aromatic carbocycles. The Hall–Kier alpha value is -0.970. The Labute approximate surface area is 75.7 Å². The molecule has 1 amide bonds. The molecule has 0 aromatic heterocycles. The lowest BCUT2D eigenvalue weighted by Crippen LogP contribution is -2.37. The van der Waals surface area contributed by atoms with E-state index in [9.17, 15) is 4.79 Å². The van der Waals surface area contributed by atoms with E-state index >= 15 is 0 Å². The molecule has 0 saturated heterocycles. The van der Waals surface area contributed by atoms with Crippen molar-refractivity contribution in [3.63, 3.8) is 0 Å². The van der Waals surface area contributed by atoms with E-state index in [1.165, 1.54) is 0 Å². The van der Waals surface area contributed by atoms with Crippen molar-refractivity contribution >= 4 is 6.41 Å². The molecule has 0 heterocycles. The third-order valence-electron chi connectivity index (χ3n) is 1.77. The Morgan fingerprint density at radius 1 is 1.50 bits per heavy atom. The number of carbonyl (C=O) groups is 1. The monoisotopic (exact) mass is 169 g/mol. The highest BCUT2D eigenvalue weighted by Gasteiger charge is 2.21. The highest BCUT2D eigenvalue weighted by molar-refractivity contribution is 5.47. The lowest BCUT2D eigenvalue weighted by molar-refractivity contribution is -0.110. The summed E-state index contributed by atoms with van der Waals surface area (Å²) in [6.07, 6.45) is 5.90. The smallest absolute Gasteiger partial charge is 0.207 e. The second-order valence-electron chi connectivity index (χ2n) is 2.87. The first-order chi connectivity index (χ1) is 5.54. The zero-order valence-corrected chi connectivity index (χ0v) is 8.64. The van der Waals surface area contributed by atoms with Gasteiger partial charge < -0.3 is 5.32 Å². The molecule has 0 aliphatic heterocycles. The molecule has 2 heteroatoms. The molecule has 1 unspecified atom stereocenters. The number of hydrogen-bond donors (Lipinski definition) is 1. The Morgan fingerprint density at radius 2 is 1.92 bits per heavy atom. The molecule has 0 radical (unpaired) electrons. The third kappa shape index (κ3) is 4.79. The largest absolute Gasteiger partial charge is 0.355 e. The summed E-state index contributed by atoms with van der Waals surface area (Å²) in [5.41, 5.74) is -0.263. The second kappa shape index (κ2) is 6.72. The van der Waals surface area contributed by atoms with Crippen molar-refractivity contribution in [2.75, 3.05) is 0 Å². The lowest BCUT2D eigenvalue weighted by atomic mass is 9.87. The molecular weight excluding hydrogens is 150 g/mol. The van der Waals surface area contributed by atoms with Crippen LogP contribution in [0.5, 0.6) is 0 Å². The van der Waals surface area contributed by atoms with E-state index < -0.39 is 0 Å². The van der Waals surface area contributed by atoms with Crippen molar-refractivity contribution in [3.05, 3.63) is 0 Å². The number of carbonyl (C=O) groups excluding carboxylic acids is 1. The number of amides is 1. The average Bonchev–Trinajstić information content (AvgIpc) is 2.08. The van der Waals surface area contributed by atoms with Crippen LogP contribution in [0.4, 0.5) is 0 Å². The summed E-state index contributed by atoms with van der Waals surface area (Å²) >= 11 is 0. The van der Waals surface area contributed by atoms with Crippen molar-refractivity contribution in [2.24, 2.45) is 5.41 Å². The summed E-state index contributed by atoms with van der Waals surface area (Å²) in [5, 5.41) is 2.61. The van der Waals surface area contributed by atoms with Gasteiger partial charge in [0.2, 0.25) is 6.41 Å². The highest BCUT2D eigenvalue weighted by Crippen LogP contribution is 2.17. The fourth-order valence-electron chi connectivity index (χ4n) is 0.435. The SMILES string of the molecule is C#CC(C)(C)C(C)NC=O.CC. The molecule has 0 spiro atoms. The Kier molecular flexibility index (Phi) is 7.62. The van der Waals surface area contributed by atoms with Crippen LogP contribution in [0.3, 0.4) is 0 Å². The number of rotatable bonds is 3. The number of nitrogens with one attached hydrogen (secondary N) is 1. The van der Waals surface area contributed by atoms with E-state index in [-0.39, 0.29) is 11.5 Å². The maximum absolute atomic E-state index is 10.00. The summed E-state index contributed by atoms with van der Waals surface area (Å²) < 4.78 is 0. The fourth-order valence-corrected chi connectivity index (χ4v) is 0.435. The van der Waals surface area contributed by atoms with Crippen molar-refractivity contribution in [2.45, 2.75) is 40.7 Å². The standard InChI is InChI=1S/C8H13NO.C2H6/c1-5-8(3,4)7(2)9-6-10;1-2/h1,6-7H,2-4H3,(H,9,10);1-2H3. The molecule has 0 bridgehead atoms. The summed E-state index contributed by atoms with van der Waals surface area (Å²) in [4.78, 5) is 10.00. The molecule has 1 atom stereocenters. The average molecular weight is 169 g/mol. The van der Waals surface area contributed by atoms with Crippen LogP contribution in [0.15, 0.2) is 0 Å². The third-order valence-corrected chi connectivity index (χ3v) is 1.77. The Morgan fingerprint density at radius 3 is 2.17 bits per heavy atom. The van der Waals surface area contributed by atoms with Gasteiger partial charge in [-0.05, 0) is 20.8 Å². The molecule has 0 saturated carbocycles. The van der Waals surface area contributed by atoms with Crippen LogP contribution in [0, 0.1) is 17.8 Å². The first-order valence-electron chi connectivity index (χ1n) is 4.22. The number of hydrogen-bond acceptors (Lipinski definition) is 1. The maximum Gasteiger partial charge on any atom is 0.207 e. The van der Waals surface area contributed by atoms with Crippen LogP contribution in [-0.4, -0.2) is 12.5 Å². The van der Waals surface area contributed by atoms with Gasteiger partial charge in [-0.2, -0.15) is 0 Å². The summed E-state index contributed by atoms with van der Waals surface area (Å²) in [6, 6.07) is 0.0231. The maximum atomic E-state index is 10.00. The lowest BCUT2D eigenvalue weighted by Gasteiger charge is -2.24. The predicted octanol–water partition coefficient (Wildman–Crippen LogP) is 1.81. The zero-order valence-electron chi connectivity index (χ0n) is 8.64. The van der Waals surface area contributed by atoms with Gasteiger partial charge in [-0.1, -0.05) is 19.8 Å². The predicted molar refractivity (Wildman–Crippen MR) is 52.6 cm³/mol. The molecule has 0 aromatic rings. The summed E-state index contributed by atoms with van der Waals surface area (Å²) in [6.45, 7) is 9.70. The minimum absolute atomic E-state index is 0.0231. The zero-order chi connectivity index (χ0) is 10.2. The van der Waals surface area contributed by atoms with E-state index in [2.05, 4.69) is 11.2 Å². The normalized spacial score (nSPS) is 11.7. The van der Waals surface area contributed by atoms with Gasteiger partial charge in [0.05, 0.1) is 0 Å². The molecule has 2 nitrogen and oxygen atoms in total. The van der Waals surface area contributed by atoms with Crippen LogP contribution in [0.1, 0.15) is 34.6 Å². The molecule has 0 fully saturated rings. The molecule has 0 rings (SSSR count). The molecule has 0 aliphatic rings. The van der Waals surface area contributed by atoms with Gasteiger partial charge in [-0.15, -0.1) is 6.42 Å². The summed E-state index contributed by atoms with van der Waals surface area (Å²) in [5.74, 6) is 2.60. The van der Waals surface area contributed by atoms with Gasteiger partial charge in [0.25, 0.3) is 0 Å². The molecule has 0 aliphatic carbocycles. The van der Waals surface area contributed by atoms with Gasteiger partial charge in [0, 0.05) is 11.5 Å². The van der Waals surface area contributed by atoms with E-state index in [4.69, 9.17) is 6.42 Å². The van der Waals surface area contributed by atoms with E-state index in [1.807, 2.05) is 34.6 Å². The van der Waals surface area contributed by atoms with Crippen LogP contribution < -0.4 is 5.32 Å². The van der Waals surface area contributed by atoms with Crippen molar-refractivity contribution in [1.82, 2.24) is 5.32 Å². The number of terminal acetylenes is 1. The van der Waals surface area contributed by atoms with Crippen LogP contribution >= 0.6 is 0 Å². The minimum atomic E-state index is -0.263. The first-order valence-corrected chi connectivity index (χ1v) is 4.22. The minimum Gasteiger partial charge on any atom is -0.355 e. The Balaban J connectivity index is 0. The first kappa shape index (κ1) is 13.6. The highest BCUT2D eigenvalue weighted by atomic mass is 16.1. The van der Waals surface area contributed by atoms with Gasteiger partial charge in [0.15, 0.2) is 0 Å². The van der Waals surface area contributed by atoms with Gasteiger partial charge in [-0.3, -0.25) is 4.79 Å². The fraction of sp³-hybridized carbons (Fsp3) is 0.700. The van der Waals surface area contributed by atoms with Crippen LogP contribution in [0.2, 0.25) is 0 Å². The molecular formula is C10H19NO. The van der Waals surface area contributed by atoms with Crippen molar-refractivity contribution in [1.29, 1.82) is 0 Å². The van der Waals surface area contributed by atoms with E-state index in [0.29, 0.717) is 6.41 Å². The summed E-state index contributed by atoms with van der Waals surface area (Å²) in [7, 11) is 0. The topological polar surface area (TPSA) is 29.1 Å². The van der Waals surface area contributed by atoms with E-state index in [0.717, 1.165) is 0 Å². The van der Waals surface area contributed by atoms with Crippen LogP contribution in [0.25, 0.3) is 0 Å². The van der Waals surface area contributed by atoms with Gasteiger partial charge in [0.1, 0.15) is 0 Å². The van der Waals surface area contributed by atoms with Gasteiger partial charge in [-0.25, -0.2) is 0 Å².